The number of nitrogens with two attached hydrogens (primary N) is 1. The average Bonchev–Trinajstić information content (AvgIpc) is 3.19. The standard InChI is InChI=1S/C22H22N4O7/c1-26(2)15-9-4-7-3-8-5-10-14(25-6-24-10)17(28)11(8)16(27)12(7)19(30)22(9,33)20(31)13(18(15)29)21(23)32/h5-7,9,15,28-30,33H,3-4H2,1-2H3,(H2,23,32)(H,24,25)/t7-,9-,15-,22-/m0/s1. The first-order valence-corrected chi connectivity index (χ1v) is 10.3. The van der Waals surface area contributed by atoms with Crippen molar-refractivity contribution in [2.45, 2.75) is 24.5 Å². The Hall–Kier alpha value is -3.70. The van der Waals surface area contributed by atoms with E-state index in [1.54, 1.807) is 20.2 Å². The minimum absolute atomic E-state index is 0.0468. The number of aliphatic hydroxyl groups is 3. The van der Waals surface area contributed by atoms with E-state index in [2.05, 4.69) is 9.97 Å². The van der Waals surface area contributed by atoms with Crippen LogP contribution in [0.1, 0.15) is 22.3 Å². The van der Waals surface area contributed by atoms with Gasteiger partial charge >= 0.3 is 0 Å². The normalized spacial score (nSPS) is 29.4. The largest absolute Gasteiger partial charge is 0.510 e. The van der Waals surface area contributed by atoms with Crippen LogP contribution in [0.4, 0.5) is 0 Å². The number of aromatic nitrogens is 2. The number of nitrogens with one attached hydrogen (secondary N) is 1. The number of nitrogens with zero attached hydrogens (tertiary/aromatic N) is 2. The first-order valence-electron chi connectivity index (χ1n) is 10.3. The highest BCUT2D eigenvalue weighted by Crippen LogP contribution is 2.52. The number of primary amides is 1. The van der Waals surface area contributed by atoms with Gasteiger partial charge in [-0.3, -0.25) is 19.3 Å². The van der Waals surface area contributed by atoms with E-state index in [0.29, 0.717) is 11.1 Å². The molecule has 11 heteroatoms. The molecular weight excluding hydrogens is 432 g/mol. The molecule has 3 aliphatic carbocycles. The Morgan fingerprint density at radius 2 is 1.97 bits per heavy atom. The lowest BCUT2D eigenvalue weighted by Gasteiger charge is -2.50. The molecule has 11 nitrogen and oxygen atoms in total. The van der Waals surface area contributed by atoms with Gasteiger partial charge in [-0.2, -0.15) is 0 Å². The number of benzene rings is 1. The lowest BCUT2D eigenvalue weighted by atomic mass is 9.58. The number of amides is 1. The van der Waals surface area contributed by atoms with Gasteiger partial charge in [0.15, 0.2) is 17.1 Å². The summed E-state index contributed by atoms with van der Waals surface area (Å²) in [5.41, 5.74) is 2.83. The molecule has 0 aliphatic heterocycles. The molecule has 0 fully saturated rings. The summed E-state index contributed by atoms with van der Waals surface area (Å²) in [6, 6.07) is 0.656. The molecule has 3 aliphatic rings. The summed E-state index contributed by atoms with van der Waals surface area (Å²) in [5.74, 6) is -6.71. The van der Waals surface area contributed by atoms with Crippen molar-refractivity contribution in [1.29, 1.82) is 0 Å². The Balaban J connectivity index is 1.75. The van der Waals surface area contributed by atoms with Gasteiger partial charge in [0, 0.05) is 11.5 Å². The number of phenols is 1. The number of aromatic hydroxyl groups is 1. The number of rotatable bonds is 2. The highest BCUT2D eigenvalue weighted by atomic mass is 16.3. The summed E-state index contributed by atoms with van der Waals surface area (Å²) in [6.07, 6.45) is 1.65. The van der Waals surface area contributed by atoms with Gasteiger partial charge in [-0.05, 0) is 44.5 Å². The number of aromatic amines is 1. The summed E-state index contributed by atoms with van der Waals surface area (Å²) in [5, 5.41) is 44.1. The first-order chi connectivity index (χ1) is 15.5. The second-order valence-electron chi connectivity index (χ2n) is 9.02. The van der Waals surface area contributed by atoms with Crippen LogP contribution >= 0.6 is 0 Å². The maximum absolute atomic E-state index is 13.5. The van der Waals surface area contributed by atoms with Gasteiger partial charge in [-0.15, -0.1) is 0 Å². The predicted molar refractivity (Wildman–Crippen MR) is 113 cm³/mol. The summed E-state index contributed by atoms with van der Waals surface area (Å²) >= 11 is 0. The molecule has 1 amide bonds. The number of Topliss-reactive ketones (excluding diaryl/α,β-unsaturated/α-hetero) is 2. The van der Waals surface area contributed by atoms with Crippen molar-refractivity contribution in [1.82, 2.24) is 14.9 Å². The van der Waals surface area contributed by atoms with E-state index >= 15 is 0 Å². The number of likely N-dealkylation sites (N-methyl/N-ethyl adjacent to an activating group) is 1. The summed E-state index contributed by atoms with van der Waals surface area (Å²) in [6.45, 7) is 0. The Kier molecular flexibility index (Phi) is 4.27. The summed E-state index contributed by atoms with van der Waals surface area (Å²) in [4.78, 5) is 47.0. The maximum atomic E-state index is 13.5. The molecule has 0 unspecified atom stereocenters. The number of allylic oxidation sites excluding steroid dienone is 1. The Morgan fingerprint density at radius 3 is 2.61 bits per heavy atom. The predicted octanol–water partition coefficient (Wildman–Crippen LogP) is -0.00310. The molecule has 5 rings (SSSR count). The zero-order valence-electron chi connectivity index (χ0n) is 17.8. The van der Waals surface area contributed by atoms with Crippen LogP contribution in [0.3, 0.4) is 0 Å². The lowest BCUT2D eigenvalue weighted by molar-refractivity contribution is -0.148. The number of H-pyrrole nitrogens is 1. The number of aliphatic hydroxyl groups excluding tert-OH is 2. The van der Waals surface area contributed by atoms with Gasteiger partial charge in [0.25, 0.3) is 5.91 Å². The van der Waals surface area contributed by atoms with Crippen LogP contribution in [0, 0.1) is 11.8 Å². The number of ketones is 2. The fourth-order valence-electron chi connectivity index (χ4n) is 5.70. The molecule has 7 N–H and O–H groups in total. The van der Waals surface area contributed by atoms with Crippen LogP contribution in [-0.2, 0) is 16.0 Å². The van der Waals surface area contributed by atoms with Crippen LogP contribution in [0.5, 0.6) is 5.75 Å². The van der Waals surface area contributed by atoms with Crippen molar-refractivity contribution >= 4 is 28.5 Å². The van der Waals surface area contributed by atoms with Gasteiger partial charge in [0.1, 0.15) is 22.6 Å². The second-order valence-corrected chi connectivity index (χ2v) is 9.02. The van der Waals surface area contributed by atoms with Gasteiger partial charge < -0.3 is 31.1 Å². The molecular formula is C22H22N4O7. The molecule has 0 radical (unpaired) electrons. The molecule has 33 heavy (non-hydrogen) atoms. The van der Waals surface area contributed by atoms with Crippen LogP contribution < -0.4 is 5.73 Å². The van der Waals surface area contributed by atoms with Crippen LogP contribution in [-0.4, -0.2) is 78.5 Å². The number of fused-ring (bicyclic) bond motifs is 4. The smallest absolute Gasteiger partial charge is 0.255 e. The SMILES string of the molecule is CN(C)[C@@H]1C(O)=C(C(N)=O)C(=O)[C@@]2(O)C(O)=C3C(=O)c4c(cc5nc[nH]c5c4O)C[C@H]3C[C@@H]12. The van der Waals surface area contributed by atoms with Crippen molar-refractivity contribution in [3.05, 3.63) is 46.2 Å². The minimum Gasteiger partial charge on any atom is -0.510 e. The van der Waals surface area contributed by atoms with Crippen LogP contribution in [0.2, 0.25) is 0 Å². The molecule has 1 aromatic carbocycles. The van der Waals surface area contributed by atoms with Crippen molar-refractivity contribution in [2.24, 2.45) is 17.6 Å². The van der Waals surface area contributed by atoms with E-state index < -0.39 is 58.0 Å². The van der Waals surface area contributed by atoms with Crippen molar-refractivity contribution in [3.8, 4) is 5.75 Å². The maximum Gasteiger partial charge on any atom is 0.255 e. The molecule has 172 valence electrons. The Labute approximate surface area is 186 Å². The van der Waals surface area contributed by atoms with Crippen LogP contribution in [0.15, 0.2) is 35.1 Å². The molecule has 4 atom stereocenters. The van der Waals surface area contributed by atoms with Crippen molar-refractivity contribution in [2.75, 3.05) is 14.1 Å². The average molecular weight is 454 g/mol. The highest BCUT2D eigenvalue weighted by molar-refractivity contribution is 6.25. The number of phenolic OH excluding ortho intramolecular Hbond substituents is 1. The molecule has 0 spiro atoms. The minimum atomic E-state index is -2.64. The Bertz CT molecular complexity index is 1340. The third kappa shape index (κ3) is 2.51. The number of imidazole rings is 1. The fourth-order valence-corrected chi connectivity index (χ4v) is 5.70. The summed E-state index contributed by atoms with van der Waals surface area (Å²) in [7, 11) is 3.17. The summed E-state index contributed by atoms with van der Waals surface area (Å²) < 4.78 is 0. The van der Waals surface area contributed by atoms with E-state index in [1.165, 1.54) is 11.2 Å². The van der Waals surface area contributed by atoms with Crippen LogP contribution in [0.25, 0.3) is 11.0 Å². The monoisotopic (exact) mass is 454 g/mol. The number of hydrogen-bond donors (Lipinski definition) is 6. The van der Waals surface area contributed by atoms with Gasteiger partial charge in [0.2, 0.25) is 5.78 Å². The zero-order valence-corrected chi connectivity index (χ0v) is 17.8. The third-order valence-corrected chi connectivity index (χ3v) is 7.11. The van der Waals surface area contributed by atoms with Crippen molar-refractivity contribution in [3.63, 3.8) is 0 Å². The van der Waals surface area contributed by atoms with Gasteiger partial charge in [0.05, 0.1) is 23.4 Å². The topological polar surface area (TPSA) is 190 Å². The first kappa shape index (κ1) is 21.2. The van der Waals surface area contributed by atoms with Crippen molar-refractivity contribution < 1.29 is 34.8 Å². The number of carbonyl (C=O) groups is 3. The number of carbonyl (C=O) groups excluding carboxylic acids is 3. The molecule has 0 saturated heterocycles. The zero-order chi connectivity index (χ0) is 24.0. The quantitative estimate of drug-likeness (QED) is 0.339. The van der Waals surface area contributed by atoms with E-state index in [4.69, 9.17) is 5.73 Å². The number of hydrogen-bond acceptors (Lipinski definition) is 9. The molecule has 0 saturated carbocycles. The third-order valence-electron chi connectivity index (χ3n) is 7.11. The van der Waals surface area contributed by atoms with E-state index in [9.17, 15) is 34.8 Å². The van der Waals surface area contributed by atoms with Gasteiger partial charge in [-0.1, -0.05) is 0 Å². The molecule has 1 heterocycles. The molecule has 0 bridgehead atoms. The Morgan fingerprint density at radius 1 is 1.27 bits per heavy atom. The lowest BCUT2D eigenvalue weighted by Crippen LogP contribution is -2.63. The molecule has 1 aromatic heterocycles. The second kappa shape index (κ2) is 6.65. The highest BCUT2D eigenvalue weighted by Gasteiger charge is 2.63. The van der Waals surface area contributed by atoms with E-state index in [1.807, 2.05) is 0 Å². The molecule has 2 aromatic rings. The van der Waals surface area contributed by atoms with Gasteiger partial charge in [-0.25, -0.2) is 4.98 Å². The van der Waals surface area contributed by atoms with E-state index in [0.717, 1.165) is 0 Å². The fraction of sp³-hybridized carbons (Fsp3) is 0.364. The van der Waals surface area contributed by atoms with E-state index in [-0.39, 0.29) is 35.2 Å².